The van der Waals surface area contributed by atoms with Gasteiger partial charge < -0.3 is 10.2 Å². The third-order valence-electron chi connectivity index (χ3n) is 3.51. The van der Waals surface area contributed by atoms with Crippen LogP contribution in [0, 0.1) is 11.3 Å². The molecule has 0 aromatic rings. The normalized spacial score (nSPS) is 38.1. The molecule has 3 heteroatoms. The quantitative estimate of drug-likeness (QED) is 0.668. The molecule has 1 aliphatic rings. The molecule has 1 fully saturated rings. The van der Waals surface area contributed by atoms with Crippen molar-refractivity contribution in [1.82, 2.24) is 4.90 Å². The zero-order chi connectivity index (χ0) is 10.1. The van der Waals surface area contributed by atoms with Gasteiger partial charge in [-0.25, -0.2) is 0 Å². The standard InChI is InChI=1S/C10H21NO2/c1-8-4-11(9(2)5-12)6-10(8,3)7-13/h8-9,12-13H,4-7H2,1-3H3. The van der Waals surface area contributed by atoms with E-state index in [4.69, 9.17) is 5.11 Å². The van der Waals surface area contributed by atoms with Crippen molar-refractivity contribution in [2.75, 3.05) is 26.3 Å². The summed E-state index contributed by atoms with van der Waals surface area (Å²) < 4.78 is 0. The molecule has 1 saturated heterocycles. The van der Waals surface area contributed by atoms with Crippen LogP contribution in [0.25, 0.3) is 0 Å². The molecule has 3 unspecified atom stereocenters. The number of nitrogens with zero attached hydrogens (tertiary/aromatic N) is 1. The largest absolute Gasteiger partial charge is 0.396 e. The minimum absolute atomic E-state index is 0.0173. The van der Waals surface area contributed by atoms with E-state index in [-0.39, 0.29) is 24.7 Å². The van der Waals surface area contributed by atoms with Crippen molar-refractivity contribution in [2.24, 2.45) is 11.3 Å². The summed E-state index contributed by atoms with van der Waals surface area (Å²) in [5.41, 5.74) is 0.0173. The lowest BCUT2D eigenvalue weighted by molar-refractivity contribution is 0.104. The van der Waals surface area contributed by atoms with Gasteiger partial charge in [0.1, 0.15) is 0 Å². The zero-order valence-electron chi connectivity index (χ0n) is 8.82. The van der Waals surface area contributed by atoms with E-state index in [0.717, 1.165) is 13.1 Å². The number of rotatable bonds is 3. The topological polar surface area (TPSA) is 43.7 Å². The van der Waals surface area contributed by atoms with Gasteiger partial charge in [-0.15, -0.1) is 0 Å². The number of hydrogen-bond donors (Lipinski definition) is 2. The van der Waals surface area contributed by atoms with Crippen LogP contribution in [0.5, 0.6) is 0 Å². The van der Waals surface area contributed by atoms with Crippen LogP contribution in [0.1, 0.15) is 20.8 Å². The van der Waals surface area contributed by atoms with Gasteiger partial charge in [0.05, 0.1) is 6.61 Å². The van der Waals surface area contributed by atoms with Crippen LogP contribution < -0.4 is 0 Å². The average Bonchev–Trinajstić information content (AvgIpc) is 2.43. The van der Waals surface area contributed by atoms with Gasteiger partial charge in [-0.3, -0.25) is 4.90 Å². The highest BCUT2D eigenvalue weighted by molar-refractivity contribution is 4.92. The van der Waals surface area contributed by atoms with Crippen molar-refractivity contribution in [1.29, 1.82) is 0 Å². The Labute approximate surface area is 80.4 Å². The van der Waals surface area contributed by atoms with Crippen LogP contribution in [0.15, 0.2) is 0 Å². The highest BCUT2D eigenvalue weighted by Gasteiger charge is 2.40. The molecule has 0 aromatic heterocycles. The Bertz CT molecular complexity index is 174. The molecule has 1 aliphatic heterocycles. The third kappa shape index (κ3) is 2.03. The predicted molar refractivity (Wildman–Crippen MR) is 52.5 cm³/mol. The second-order valence-electron chi connectivity index (χ2n) is 4.67. The molecule has 0 amide bonds. The van der Waals surface area contributed by atoms with Crippen molar-refractivity contribution in [3.05, 3.63) is 0 Å². The molecule has 0 aromatic carbocycles. The van der Waals surface area contributed by atoms with E-state index in [1.807, 2.05) is 6.92 Å². The van der Waals surface area contributed by atoms with Gasteiger partial charge in [0.2, 0.25) is 0 Å². The van der Waals surface area contributed by atoms with E-state index in [1.165, 1.54) is 0 Å². The lowest BCUT2D eigenvalue weighted by Crippen LogP contribution is -2.36. The second kappa shape index (κ2) is 3.95. The van der Waals surface area contributed by atoms with E-state index in [1.54, 1.807) is 0 Å². The molecule has 1 rings (SSSR count). The van der Waals surface area contributed by atoms with E-state index in [9.17, 15) is 5.11 Å². The number of aliphatic hydroxyl groups excluding tert-OH is 2. The molecular formula is C10H21NO2. The molecule has 2 N–H and O–H groups in total. The smallest absolute Gasteiger partial charge is 0.0584 e. The summed E-state index contributed by atoms with van der Waals surface area (Å²) >= 11 is 0. The fourth-order valence-electron chi connectivity index (χ4n) is 1.91. The first-order valence-electron chi connectivity index (χ1n) is 4.99. The molecule has 0 saturated carbocycles. The molecule has 0 radical (unpaired) electrons. The molecule has 13 heavy (non-hydrogen) atoms. The Morgan fingerprint density at radius 2 is 2.15 bits per heavy atom. The number of likely N-dealkylation sites (tertiary alicyclic amines) is 1. The van der Waals surface area contributed by atoms with Crippen LogP contribution >= 0.6 is 0 Å². The van der Waals surface area contributed by atoms with E-state index < -0.39 is 0 Å². The fraction of sp³-hybridized carbons (Fsp3) is 1.00. The predicted octanol–water partition coefficient (Wildman–Crippen LogP) is 0.318. The summed E-state index contributed by atoms with van der Waals surface area (Å²) in [6, 6.07) is 0.218. The van der Waals surface area contributed by atoms with Crippen LogP contribution in [-0.2, 0) is 0 Å². The van der Waals surface area contributed by atoms with Crippen molar-refractivity contribution < 1.29 is 10.2 Å². The molecule has 78 valence electrons. The lowest BCUT2D eigenvalue weighted by atomic mass is 9.82. The summed E-state index contributed by atoms with van der Waals surface area (Å²) in [6.07, 6.45) is 0. The summed E-state index contributed by atoms with van der Waals surface area (Å²) in [6.45, 7) is 8.63. The highest BCUT2D eigenvalue weighted by atomic mass is 16.3. The van der Waals surface area contributed by atoms with Crippen molar-refractivity contribution in [2.45, 2.75) is 26.8 Å². The lowest BCUT2D eigenvalue weighted by Gasteiger charge is -2.26. The maximum atomic E-state index is 9.28. The third-order valence-corrected chi connectivity index (χ3v) is 3.51. The van der Waals surface area contributed by atoms with Gasteiger partial charge in [0.25, 0.3) is 0 Å². The molecule has 3 atom stereocenters. The number of hydrogen-bond acceptors (Lipinski definition) is 3. The van der Waals surface area contributed by atoms with Gasteiger partial charge >= 0.3 is 0 Å². The van der Waals surface area contributed by atoms with E-state index in [2.05, 4.69) is 18.7 Å². The Morgan fingerprint density at radius 3 is 2.54 bits per heavy atom. The van der Waals surface area contributed by atoms with Gasteiger partial charge in [-0.05, 0) is 12.8 Å². The fourth-order valence-corrected chi connectivity index (χ4v) is 1.91. The van der Waals surface area contributed by atoms with Crippen LogP contribution in [0.2, 0.25) is 0 Å². The summed E-state index contributed by atoms with van der Waals surface area (Å²) in [7, 11) is 0. The van der Waals surface area contributed by atoms with Crippen molar-refractivity contribution in [3.8, 4) is 0 Å². The Hall–Kier alpha value is -0.120. The monoisotopic (exact) mass is 187 g/mol. The maximum absolute atomic E-state index is 9.28. The molecule has 0 spiro atoms. The van der Waals surface area contributed by atoms with E-state index in [0.29, 0.717) is 5.92 Å². The van der Waals surface area contributed by atoms with Gasteiger partial charge in [-0.1, -0.05) is 13.8 Å². The van der Waals surface area contributed by atoms with Crippen LogP contribution in [0.4, 0.5) is 0 Å². The summed E-state index contributed by atoms with van der Waals surface area (Å²) in [4.78, 5) is 2.25. The van der Waals surface area contributed by atoms with Gasteiger partial charge in [-0.2, -0.15) is 0 Å². The van der Waals surface area contributed by atoms with Crippen molar-refractivity contribution >= 4 is 0 Å². The van der Waals surface area contributed by atoms with Crippen LogP contribution in [0.3, 0.4) is 0 Å². The molecular weight excluding hydrogens is 166 g/mol. The molecule has 1 heterocycles. The summed E-state index contributed by atoms with van der Waals surface area (Å²) in [5, 5.41) is 18.3. The number of aliphatic hydroxyl groups is 2. The van der Waals surface area contributed by atoms with Gasteiger partial charge in [0.15, 0.2) is 0 Å². The SMILES string of the molecule is CC(CO)N1CC(C)C(C)(CO)C1. The average molecular weight is 187 g/mol. The zero-order valence-corrected chi connectivity index (χ0v) is 8.82. The Kier molecular flexibility index (Phi) is 3.33. The van der Waals surface area contributed by atoms with Crippen LogP contribution in [-0.4, -0.2) is 47.5 Å². The first-order valence-corrected chi connectivity index (χ1v) is 4.99. The maximum Gasteiger partial charge on any atom is 0.0584 e. The first-order chi connectivity index (χ1) is 6.03. The van der Waals surface area contributed by atoms with Crippen molar-refractivity contribution in [3.63, 3.8) is 0 Å². The minimum atomic E-state index is 0.0173. The molecule has 0 aliphatic carbocycles. The molecule has 0 bridgehead atoms. The van der Waals surface area contributed by atoms with E-state index >= 15 is 0 Å². The Morgan fingerprint density at radius 1 is 1.54 bits per heavy atom. The minimum Gasteiger partial charge on any atom is -0.396 e. The van der Waals surface area contributed by atoms with Gasteiger partial charge in [0, 0.05) is 31.2 Å². The summed E-state index contributed by atoms with van der Waals surface area (Å²) in [5.74, 6) is 0.506. The highest BCUT2D eigenvalue weighted by Crippen LogP contribution is 2.35. The second-order valence-corrected chi connectivity index (χ2v) is 4.67. The first kappa shape index (κ1) is 11.0. The molecule has 3 nitrogen and oxygen atoms in total. The Balaban J connectivity index is 2.59.